The van der Waals surface area contributed by atoms with Crippen LogP contribution in [-0.4, -0.2) is 9.97 Å². The van der Waals surface area contributed by atoms with Crippen molar-refractivity contribution in [3.05, 3.63) is 59.7 Å². The third-order valence-electron chi connectivity index (χ3n) is 5.25. The molecule has 2 heteroatoms. The molecule has 0 N–H and O–H groups in total. The van der Waals surface area contributed by atoms with E-state index in [1.54, 1.807) is 6.20 Å². The summed E-state index contributed by atoms with van der Waals surface area (Å²) in [4.78, 5) is 8.96. The Bertz CT molecular complexity index is 600. The molecule has 1 aromatic carbocycles. The van der Waals surface area contributed by atoms with Gasteiger partial charge in [-0.25, -0.2) is 0 Å². The molecule has 2 nitrogen and oxygen atoms in total. The van der Waals surface area contributed by atoms with Crippen molar-refractivity contribution in [1.29, 1.82) is 0 Å². The minimum absolute atomic E-state index is 0.401. The maximum absolute atomic E-state index is 4.65. The van der Waals surface area contributed by atoms with Crippen LogP contribution in [0.4, 0.5) is 0 Å². The summed E-state index contributed by atoms with van der Waals surface area (Å²) in [5, 5.41) is 0. The average Bonchev–Trinajstić information content (AvgIpc) is 2.82. The minimum Gasteiger partial charge on any atom is -0.261 e. The number of fused-ring (bicyclic) bond motifs is 1. The van der Waals surface area contributed by atoms with Gasteiger partial charge in [0.25, 0.3) is 0 Å². The molecular weight excluding hydrogens is 244 g/mol. The van der Waals surface area contributed by atoms with Crippen LogP contribution in [0.5, 0.6) is 0 Å². The molecule has 1 saturated carbocycles. The van der Waals surface area contributed by atoms with Gasteiger partial charge in [0.1, 0.15) is 0 Å². The van der Waals surface area contributed by atoms with Crippen LogP contribution >= 0.6 is 0 Å². The number of benzene rings is 1. The van der Waals surface area contributed by atoms with E-state index in [0.717, 1.165) is 0 Å². The first-order chi connectivity index (χ1) is 9.89. The van der Waals surface area contributed by atoms with Crippen LogP contribution in [0.15, 0.2) is 42.9 Å². The average molecular weight is 264 g/mol. The van der Waals surface area contributed by atoms with Crippen LogP contribution in [0.25, 0.3) is 0 Å². The fourth-order valence-electron chi connectivity index (χ4n) is 4.44. The molecule has 1 spiro atoms. The van der Waals surface area contributed by atoms with Gasteiger partial charge in [0.2, 0.25) is 0 Å². The zero-order chi connectivity index (χ0) is 13.4. The van der Waals surface area contributed by atoms with Crippen molar-refractivity contribution in [1.82, 2.24) is 9.97 Å². The van der Waals surface area contributed by atoms with Gasteiger partial charge in [0.15, 0.2) is 0 Å². The van der Waals surface area contributed by atoms with E-state index in [1.165, 1.54) is 55.3 Å². The van der Waals surface area contributed by atoms with Crippen LogP contribution in [0, 0.1) is 5.41 Å². The molecule has 0 bridgehead atoms. The molecule has 1 unspecified atom stereocenters. The quantitative estimate of drug-likeness (QED) is 0.774. The van der Waals surface area contributed by atoms with Gasteiger partial charge in [0.05, 0.1) is 5.69 Å². The Morgan fingerprint density at radius 1 is 1.00 bits per heavy atom. The number of rotatable bonds is 1. The molecule has 4 rings (SSSR count). The second-order valence-corrected chi connectivity index (χ2v) is 6.36. The van der Waals surface area contributed by atoms with Gasteiger partial charge in [0, 0.05) is 24.5 Å². The highest BCUT2D eigenvalue weighted by Crippen LogP contribution is 2.57. The molecular formula is C18H20N2. The Hall–Kier alpha value is -1.70. The van der Waals surface area contributed by atoms with Crippen LogP contribution in [0.3, 0.4) is 0 Å². The van der Waals surface area contributed by atoms with Gasteiger partial charge in [-0.3, -0.25) is 9.97 Å². The first-order valence-electron chi connectivity index (χ1n) is 7.73. The van der Waals surface area contributed by atoms with E-state index in [-0.39, 0.29) is 0 Å². The fourth-order valence-corrected chi connectivity index (χ4v) is 4.44. The highest BCUT2D eigenvalue weighted by Gasteiger charge is 2.47. The Morgan fingerprint density at radius 2 is 1.85 bits per heavy atom. The predicted octanol–water partition coefficient (Wildman–Crippen LogP) is 4.12. The zero-order valence-electron chi connectivity index (χ0n) is 11.8. The van der Waals surface area contributed by atoms with Crippen molar-refractivity contribution in [3.63, 3.8) is 0 Å². The Labute approximate surface area is 120 Å². The van der Waals surface area contributed by atoms with Crippen LogP contribution in [0.1, 0.15) is 54.8 Å². The van der Waals surface area contributed by atoms with Gasteiger partial charge in [-0.2, -0.15) is 0 Å². The van der Waals surface area contributed by atoms with Crippen LogP contribution in [0.2, 0.25) is 0 Å². The molecule has 2 aromatic rings. The summed E-state index contributed by atoms with van der Waals surface area (Å²) in [5.74, 6) is 0.452. The highest BCUT2D eigenvalue weighted by molar-refractivity contribution is 5.43. The number of hydrogen-bond donors (Lipinski definition) is 0. The predicted molar refractivity (Wildman–Crippen MR) is 79.5 cm³/mol. The normalized spacial score (nSPS) is 23.7. The Morgan fingerprint density at radius 3 is 2.65 bits per heavy atom. The smallest absolute Gasteiger partial charge is 0.0667 e. The van der Waals surface area contributed by atoms with E-state index in [1.807, 2.05) is 12.4 Å². The maximum atomic E-state index is 4.65. The molecule has 102 valence electrons. The summed E-state index contributed by atoms with van der Waals surface area (Å²) in [6.45, 7) is 0. The van der Waals surface area contributed by atoms with Crippen molar-refractivity contribution in [3.8, 4) is 0 Å². The van der Waals surface area contributed by atoms with Crippen molar-refractivity contribution < 1.29 is 0 Å². The highest BCUT2D eigenvalue weighted by atomic mass is 14.8. The van der Waals surface area contributed by atoms with E-state index in [0.29, 0.717) is 11.3 Å². The Balaban J connectivity index is 1.85. The Kier molecular flexibility index (Phi) is 2.83. The lowest BCUT2D eigenvalue weighted by Crippen LogP contribution is -2.30. The van der Waals surface area contributed by atoms with Crippen LogP contribution in [-0.2, 0) is 6.42 Å². The summed E-state index contributed by atoms with van der Waals surface area (Å²) in [7, 11) is 0. The van der Waals surface area contributed by atoms with Crippen molar-refractivity contribution in [2.45, 2.75) is 44.4 Å². The van der Waals surface area contributed by atoms with Gasteiger partial charge in [-0.05, 0) is 35.8 Å². The van der Waals surface area contributed by atoms with E-state index in [9.17, 15) is 0 Å². The van der Waals surface area contributed by atoms with E-state index < -0.39 is 0 Å². The van der Waals surface area contributed by atoms with Crippen molar-refractivity contribution in [2.24, 2.45) is 5.41 Å². The first kappa shape index (κ1) is 12.1. The second-order valence-electron chi connectivity index (χ2n) is 6.36. The minimum atomic E-state index is 0.401. The maximum Gasteiger partial charge on any atom is 0.0667 e. The van der Waals surface area contributed by atoms with E-state index >= 15 is 0 Å². The fraction of sp³-hybridized carbons (Fsp3) is 0.444. The lowest BCUT2D eigenvalue weighted by Gasteiger charge is -2.39. The largest absolute Gasteiger partial charge is 0.261 e. The molecule has 1 heterocycles. The topological polar surface area (TPSA) is 25.8 Å². The molecule has 0 amide bonds. The number of nitrogens with zero attached hydrogens (tertiary/aromatic N) is 2. The zero-order valence-corrected chi connectivity index (χ0v) is 11.8. The van der Waals surface area contributed by atoms with E-state index in [4.69, 9.17) is 0 Å². The van der Waals surface area contributed by atoms with Gasteiger partial charge >= 0.3 is 0 Å². The molecule has 2 aliphatic rings. The van der Waals surface area contributed by atoms with Crippen molar-refractivity contribution in [2.75, 3.05) is 0 Å². The summed E-state index contributed by atoms with van der Waals surface area (Å²) >= 11 is 0. The molecule has 2 aliphatic carbocycles. The summed E-state index contributed by atoms with van der Waals surface area (Å²) in [6.07, 6.45) is 13.6. The molecule has 1 atom stereocenters. The standard InChI is InChI=1S/C18H20N2/c1-4-8-18(9-5-1)12-14-6-2-3-7-15(14)17(18)16-13-19-10-11-20-16/h2-3,6-7,10-11,13,17H,1,4-5,8-9,12H2. The van der Waals surface area contributed by atoms with Gasteiger partial charge in [-0.15, -0.1) is 0 Å². The molecule has 0 radical (unpaired) electrons. The summed E-state index contributed by atoms with van der Waals surface area (Å²) < 4.78 is 0. The molecule has 0 aliphatic heterocycles. The number of hydrogen-bond acceptors (Lipinski definition) is 2. The molecule has 1 fully saturated rings. The lowest BCUT2D eigenvalue weighted by atomic mass is 9.65. The molecule has 0 saturated heterocycles. The lowest BCUT2D eigenvalue weighted by molar-refractivity contribution is 0.175. The van der Waals surface area contributed by atoms with Crippen molar-refractivity contribution >= 4 is 0 Å². The van der Waals surface area contributed by atoms with Gasteiger partial charge < -0.3 is 0 Å². The van der Waals surface area contributed by atoms with Crippen LogP contribution < -0.4 is 0 Å². The molecule has 1 aromatic heterocycles. The van der Waals surface area contributed by atoms with Gasteiger partial charge in [-0.1, -0.05) is 43.5 Å². The third-order valence-corrected chi connectivity index (χ3v) is 5.25. The second kappa shape index (κ2) is 4.69. The third kappa shape index (κ3) is 1.78. The number of aromatic nitrogens is 2. The summed E-state index contributed by atoms with van der Waals surface area (Å²) in [5.41, 5.74) is 4.59. The molecule has 20 heavy (non-hydrogen) atoms. The van der Waals surface area contributed by atoms with E-state index in [2.05, 4.69) is 34.2 Å². The summed E-state index contributed by atoms with van der Waals surface area (Å²) in [6, 6.07) is 8.96. The first-order valence-corrected chi connectivity index (χ1v) is 7.73. The SMILES string of the molecule is c1ccc2c(c1)CC1(CCCCC1)C2c1cnccn1. The monoisotopic (exact) mass is 264 g/mol.